The van der Waals surface area contributed by atoms with Gasteiger partial charge in [0, 0.05) is 6.07 Å². The molecule has 0 unspecified atom stereocenters. The number of nitrogens with two attached hydrogens (primary N) is 1. The number of aromatic nitrogens is 1. The molecule has 0 aliphatic heterocycles. The summed E-state index contributed by atoms with van der Waals surface area (Å²) in [6, 6.07) is 11.4. The van der Waals surface area contributed by atoms with Crippen molar-refractivity contribution in [3.63, 3.8) is 0 Å². The van der Waals surface area contributed by atoms with Crippen molar-refractivity contribution in [1.82, 2.24) is 4.98 Å². The molecule has 0 atom stereocenters. The number of hydrazine groups is 1. The number of rotatable bonds is 3. The minimum absolute atomic E-state index is 0. The molecule has 90 valence electrons. The van der Waals surface area contributed by atoms with E-state index in [9.17, 15) is 0 Å². The molecule has 2 aromatic rings. The van der Waals surface area contributed by atoms with Crippen LogP contribution in [0.4, 0.5) is 5.69 Å². The monoisotopic (exact) mass is 251 g/mol. The highest BCUT2D eigenvalue weighted by atomic mass is 35.5. The molecule has 0 radical (unpaired) electrons. The summed E-state index contributed by atoms with van der Waals surface area (Å²) >= 11 is 0. The fourth-order valence-corrected chi connectivity index (χ4v) is 1.25. The third kappa shape index (κ3) is 3.62. The fourth-order valence-electron chi connectivity index (χ4n) is 1.25. The highest BCUT2D eigenvalue weighted by Crippen LogP contribution is 2.20. The SMILES string of the molecule is Cc1ccc(Oc2ccc(NN)cn2)cc1.Cl. The Labute approximate surface area is 106 Å². The molecule has 2 rings (SSSR count). The molecule has 0 spiro atoms. The third-order valence-corrected chi connectivity index (χ3v) is 2.15. The van der Waals surface area contributed by atoms with Crippen molar-refractivity contribution in [2.24, 2.45) is 5.84 Å². The van der Waals surface area contributed by atoms with E-state index in [-0.39, 0.29) is 12.4 Å². The highest BCUT2D eigenvalue weighted by Gasteiger charge is 1.98. The van der Waals surface area contributed by atoms with Gasteiger partial charge < -0.3 is 10.2 Å². The fraction of sp³-hybridized carbons (Fsp3) is 0.0833. The molecule has 0 fully saturated rings. The summed E-state index contributed by atoms with van der Waals surface area (Å²) in [5.74, 6) is 6.55. The summed E-state index contributed by atoms with van der Waals surface area (Å²) in [4.78, 5) is 4.10. The Kier molecular flexibility index (Phi) is 4.75. The van der Waals surface area contributed by atoms with Crippen LogP contribution < -0.4 is 16.0 Å². The molecule has 0 saturated heterocycles. The molecule has 0 aliphatic carbocycles. The first-order valence-electron chi connectivity index (χ1n) is 4.95. The first-order chi connectivity index (χ1) is 7.78. The van der Waals surface area contributed by atoms with Crippen LogP contribution in [0.25, 0.3) is 0 Å². The van der Waals surface area contributed by atoms with Gasteiger partial charge in [0.25, 0.3) is 0 Å². The highest BCUT2D eigenvalue weighted by molar-refractivity contribution is 5.85. The summed E-state index contributed by atoms with van der Waals surface area (Å²) < 4.78 is 5.55. The number of hydrogen-bond acceptors (Lipinski definition) is 4. The molecular formula is C12H14ClN3O. The number of aryl methyl sites for hydroxylation is 1. The van der Waals surface area contributed by atoms with E-state index in [1.807, 2.05) is 31.2 Å². The molecule has 1 heterocycles. The first kappa shape index (κ1) is 13.3. The van der Waals surface area contributed by atoms with Crippen molar-refractivity contribution in [2.45, 2.75) is 6.92 Å². The molecule has 3 N–H and O–H groups in total. The maximum Gasteiger partial charge on any atom is 0.219 e. The van der Waals surface area contributed by atoms with E-state index in [1.165, 1.54) is 5.56 Å². The normalized spacial score (nSPS) is 9.29. The summed E-state index contributed by atoms with van der Waals surface area (Å²) in [6.07, 6.45) is 1.61. The van der Waals surface area contributed by atoms with Gasteiger partial charge in [-0.1, -0.05) is 17.7 Å². The molecule has 4 nitrogen and oxygen atoms in total. The van der Waals surface area contributed by atoms with E-state index in [1.54, 1.807) is 18.3 Å². The quantitative estimate of drug-likeness (QED) is 0.651. The van der Waals surface area contributed by atoms with Crippen LogP contribution in [0, 0.1) is 6.92 Å². The van der Waals surface area contributed by atoms with Crippen molar-refractivity contribution < 1.29 is 4.74 Å². The average molecular weight is 252 g/mol. The Balaban J connectivity index is 0.00000144. The summed E-state index contributed by atoms with van der Waals surface area (Å²) in [6.45, 7) is 2.03. The van der Waals surface area contributed by atoms with Crippen LogP contribution in [0.3, 0.4) is 0 Å². The van der Waals surface area contributed by atoms with Crippen LogP contribution in [0.15, 0.2) is 42.6 Å². The van der Waals surface area contributed by atoms with E-state index < -0.39 is 0 Å². The molecule has 1 aromatic carbocycles. The minimum Gasteiger partial charge on any atom is -0.439 e. The summed E-state index contributed by atoms with van der Waals surface area (Å²) in [5, 5.41) is 0. The number of pyridine rings is 1. The van der Waals surface area contributed by atoms with Gasteiger partial charge >= 0.3 is 0 Å². The van der Waals surface area contributed by atoms with Gasteiger partial charge in [-0.3, -0.25) is 5.84 Å². The van der Waals surface area contributed by atoms with Gasteiger partial charge in [0.1, 0.15) is 5.75 Å². The predicted octanol–water partition coefficient (Wildman–Crippen LogP) is 2.89. The lowest BCUT2D eigenvalue weighted by atomic mass is 10.2. The molecule has 0 amide bonds. The smallest absolute Gasteiger partial charge is 0.219 e. The van der Waals surface area contributed by atoms with Crippen LogP contribution >= 0.6 is 12.4 Å². The Hall–Kier alpha value is -1.78. The van der Waals surface area contributed by atoms with Crippen LogP contribution in [-0.2, 0) is 0 Å². The van der Waals surface area contributed by atoms with Crippen LogP contribution in [-0.4, -0.2) is 4.98 Å². The molecule has 0 saturated carbocycles. The molecule has 5 heteroatoms. The van der Waals surface area contributed by atoms with Gasteiger partial charge in [-0.15, -0.1) is 12.4 Å². The van der Waals surface area contributed by atoms with E-state index in [0.29, 0.717) is 5.88 Å². The van der Waals surface area contributed by atoms with Gasteiger partial charge in [-0.05, 0) is 25.1 Å². The van der Waals surface area contributed by atoms with Gasteiger partial charge in [-0.25, -0.2) is 4.98 Å². The average Bonchev–Trinajstić information content (AvgIpc) is 2.33. The Morgan fingerprint density at radius 1 is 1.12 bits per heavy atom. The first-order valence-corrected chi connectivity index (χ1v) is 4.95. The molecule has 1 aromatic heterocycles. The summed E-state index contributed by atoms with van der Waals surface area (Å²) in [7, 11) is 0. The van der Waals surface area contributed by atoms with E-state index in [2.05, 4.69) is 10.4 Å². The second-order valence-corrected chi connectivity index (χ2v) is 3.44. The zero-order valence-corrected chi connectivity index (χ0v) is 10.2. The van der Waals surface area contributed by atoms with Crippen molar-refractivity contribution in [3.8, 4) is 11.6 Å². The maximum atomic E-state index is 5.55. The zero-order valence-electron chi connectivity index (χ0n) is 9.38. The van der Waals surface area contributed by atoms with Crippen LogP contribution in [0.2, 0.25) is 0 Å². The van der Waals surface area contributed by atoms with Gasteiger partial charge in [0.05, 0.1) is 11.9 Å². The predicted molar refractivity (Wildman–Crippen MR) is 70.5 cm³/mol. The minimum atomic E-state index is 0. The largest absolute Gasteiger partial charge is 0.439 e. The Morgan fingerprint density at radius 2 is 1.82 bits per heavy atom. The molecule has 17 heavy (non-hydrogen) atoms. The molecule has 0 aliphatic rings. The number of halogens is 1. The second kappa shape index (κ2) is 6.08. The van der Waals surface area contributed by atoms with Crippen molar-refractivity contribution in [1.29, 1.82) is 0 Å². The van der Waals surface area contributed by atoms with Crippen molar-refractivity contribution in [2.75, 3.05) is 5.43 Å². The lowest BCUT2D eigenvalue weighted by Crippen LogP contribution is -2.06. The van der Waals surface area contributed by atoms with Crippen LogP contribution in [0.5, 0.6) is 11.6 Å². The standard InChI is InChI=1S/C12H13N3O.ClH/c1-9-2-5-11(6-3-9)16-12-7-4-10(15-13)8-14-12;/h2-8,15H,13H2,1H3;1H. The topological polar surface area (TPSA) is 60.2 Å². The van der Waals surface area contributed by atoms with Gasteiger partial charge in [0.2, 0.25) is 5.88 Å². The number of ether oxygens (including phenoxy) is 1. The Morgan fingerprint density at radius 3 is 2.35 bits per heavy atom. The number of nitrogen functional groups attached to an aromatic ring is 1. The third-order valence-electron chi connectivity index (χ3n) is 2.15. The van der Waals surface area contributed by atoms with Gasteiger partial charge in [-0.2, -0.15) is 0 Å². The number of nitrogens with one attached hydrogen (secondary N) is 1. The number of nitrogens with zero attached hydrogens (tertiary/aromatic N) is 1. The second-order valence-electron chi connectivity index (χ2n) is 3.44. The van der Waals surface area contributed by atoms with Crippen LogP contribution in [0.1, 0.15) is 5.56 Å². The number of benzene rings is 1. The zero-order chi connectivity index (χ0) is 11.4. The summed E-state index contributed by atoms with van der Waals surface area (Å²) in [5.41, 5.74) is 4.45. The van der Waals surface area contributed by atoms with E-state index in [0.717, 1.165) is 11.4 Å². The number of anilines is 1. The van der Waals surface area contributed by atoms with E-state index >= 15 is 0 Å². The number of hydrogen-bond donors (Lipinski definition) is 2. The molecule has 0 bridgehead atoms. The van der Waals surface area contributed by atoms with E-state index in [4.69, 9.17) is 10.6 Å². The maximum absolute atomic E-state index is 5.55. The Bertz CT molecular complexity index is 456. The molecular weight excluding hydrogens is 238 g/mol. The lowest BCUT2D eigenvalue weighted by Gasteiger charge is -2.05. The van der Waals surface area contributed by atoms with Gasteiger partial charge in [0.15, 0.2) is 0 Å². The lowest BCUT2D eigenvalue weighted by molar-refractivity contribution is 0.463. The van der Waals surface area contributed by atoms with Crippen molar-refractivity contribution >= 4 is 18.1 Å². The van der Waals surface area contributed by atoms with Crippen molar-refractivity contribution in [3.05, 3.63) is 48.2 Å².